The van der Waals surface area contributed by atoms with Crippen molar-refractivity contribution in [3.05, 3.63) is 72.9 Å². The quantitative estimate of drug-likeness (QED) is 0.272. The molecule has 0 saturated carbocycles. The van der Waals surface area contributed by atoms with E-state index >= 15 is 0 Å². The second-order valence-electron chi connectivity index (χ2n) is 4.18. The Labute approximate surface area is 122 Å². The number of nitrogens with two attached hydrogens (primary N) is 1. The maximum atomic E-state index is 10.4. The van der Waals surface area contributed by atoms with Crippen molar-refractivity contribution in [2.75, 3.05) is 0 Å². The van der Waals surface area contributed by atoms with Gasteiger partial charge in [-0.15, -0.1) is 0 Å². The van der Waals surface area contributed by atoms with Gasteiger partial charge in [0.15, 0.2) is 0 Å². The van der Waals surface area contributed by atoms with Gasteiger partial charge in [0.1, 0.15) is 0 Å². The van der Waals surface area contributed by atoms with E-state index in [0.29, 0.717) is 0 Å². The lowest BCUT2D eigenvalue weighted by atomic mass is 10.2. The van der Waals surface area contributed by atoms with Crippen molar-refractivity contribution in [2.45, 2.75) is 32.6 Å². The number of hydrogen-bond acceptors (Lipinski definition) is 1. The minimum Gasteiger partial charge on any atom is -0.366 e. The fourth-order valence-corrected chi connectivity index (χ4v) is 1.30. The van der Waals surface area contributed by atoms with Gasteiger partial charge in [-0.05, 0) is 19.3 Å². The molecule has 0 rings (SSSR count). The average Bonchev–Trinajstić information content (AvgIpc) is 2.43. The predicted octanol–water partition coefficient (Wildman–Crippen LogP) is 4.39. The molecule has 0 aromatic carbocycles. The van der Waals surface area contributed by atoms with Crippen LogP contribution in [-0.2, 0) is 4.79 Å². The van der Waals surface area contributed by atoms with Crippen LogP contribution in [0.1, 0.15) is 32.6 Å². The van der Waals surface area contributed by atoms with Gasteiger partial charge in [-0.1, -0.05) is 80.2 Å². The zero-order valence-corrected chi connectivity index (χ0v) is 12.2. The number of rotatable bonds is 10. The van der Waals surface area contributed by atoms with Gasteiger partial charge in [-0.25, -0.2) is 0 Å². The summed E-state index contributed by atoms with van der Waals surface area (Å²) < 4.78 is 0. The van der Waals surface area contributed by atoms with Crippen molar-refractivity contribution < 1.29 is 4.79 Å². The molecule has 0 aromatic rings. The van der Waals surface area contributed by atoms with Gasteiger partial charge < -0.3 is 5.73 Å². The van der Waals surface area contributed by atoms with E-state index in [1.54, 1.807) is 12.2 Å². The Morgan fingerprint density at radius 1 is 0.750 bits per heavy atom. The van der Waals surface area contributed by atoms with Crippen LogP contribution in [-0.4, -0.2) is 5.91 Å². The van der Waals surface area contributed by atoms with Gasteiger partial charge in [0.05, 0.1) is 0 Å². The van der Waals surface area contributed by atoms with Crippen molar-refractivity contribution in [1.29, 1.82) is 0 Å². The molecule has 0 unspecified atom stereocenters. The molecule has 0 aliphatic rings. The molecule has 0 aromatic heterocycles. The zero-order chi connectivity index (χ0) is 14.9. The lowest BCUT2D eigenvalue weighted by Crippen LogP contribution is -2.04. The Morgan fingerprint density at radius 2 is 1.25 bits per heavy atom. The van der Waals surface area contributed by atoms with Crippen molar-refractivity contribution in [1.82, 2.24) is 0 Å². The Bertz CT molecular complexity index is 409. The number of carbonyl (C=O) groups excluding carboxylic acids is 1. The highest BCUT2D eigenvalue weighted by Crippen LogP contribution is 1.96. The van der Waals surface area contributed by atoms with Crippen molar-refractivity contribution in [3.8, 4) is 0 Å². The number of hydrogen-bond donors (Lipinski definition) is 1. The highest BCUT2D eigenvalue weighted by atomic mass is 16.1. The summed E-state index contributed by atoms with van der Waals surface area (Å²) in [4.78, 5) is 10.4. The van der Waals surface area contributed by atoms with Gasteiger partial charge in [0.25, 0.3) is 0 Å². The van der Waals surface area contributed by atoms with Crippen LogP contribution in [0.3, 0.4) is 0 Å². The standard InChI is InChI=1S/C18H25NO/c1-2-3-4-5-6-7-8-9-10-11-12-13-14-15-16-17-18(19)20/h4-5,8-17H,2-3,6-7H2,1H3,(H2,19,20)/b5-4+,9-8+,11-10+,13-12+,15-14+,17-16+. The van der Waals surface area contributed by atoms with Gasteiger partial charge in [-0.3, -0.25) is 4.79 Å². The highest BCUT2D eigenvalue weighted by Gasteiger charge is 1.76. The molecule has 0 aliphatic carbocycles. The monoisotopic (exact) mass is 271 g/mol. The summed E-state index contributed by atoms with van der Waals surface area (Å²) in [5.41, 5.74) is 4.95. The van der Waals surface area contributed by atoms with E-state index in [1.165, 1.54) is 18.9 Å². The maximum absolute atomic E-state index is 10.4. The van der Waals surface area contributed by atoms with E-state index in [0.717, 1.165) is 12.8 Å². The van der Waals surface area contributed by atoms with Crippen molar-refractivity contribution >= 4 is 5.91 Å². The maximum Gasteiger partial charge on any atom is 0.241 e. The summed E-state index contributed by atoms with van der Waals surface area (Å²) in [7, 11) is 0. The Kier molecular flexibility index (Phi) is 13.4. The van der Waals surface area contributed by atoms with E-state index < -0.39 is 5.91 Å². The summed E-state index contributed by atoms with van der Waals surface area (Å²) in [6.07, 6.45) is 27.6. The molecule has 0 bridgehead atoms. The normalized spacial score (nSPS) is 13.2. The van der Waals surface area contributed by atoms with Crippen LogP contribution in [0.2, 0.25) is 0 Å². The molecule has 0 heterocycles. The van der Waals surface area contributed by atoms with Crippen molar-refractivity contribution in [2.24, 2.45) is 5.73 Å². The van der Waals surface area contributed by atoms with Gasteiger partial charge in [0, 0.05) is 6.08 Å². The molecular weight excluding hydrogens is 246 g/mol. The molecule has 0 fully saturated rings. The summed E-state index contributed by atoms with van der Waals surface area (Å²) in [6, 6.07) is 0. The highest BCUT2D eigenvalue weighted by molar-refractivity contribution is 5.85. The third-order valence-electron chi connectivity index (χ3n) is 2.30. The zero-order valence-electron chi connectivity index (χ0n) is 12.2. The second kappa shape index (κ2) is 15.0. The first-order chi connectivity index (χ1) is 9.77. The molecule has 108 valence electrons. The Hall–Kier alpha value is -2.09. The predicted molar refractivity (Wildman–Crippen MR) is 88.2 cm³/mol. The minimum atomic E-state index is -0.437. The van der Waals surface area contributed by atoms with E-state index in [-0.39, 0.29) is 0 Å². The fraction of sp³-hybridized carbons (Fsp3) is 0.278. The van der Waals surface area contributed by atoms with Crippen LogP contribution in [0.4, 0.5) is 0 Å². The van der Waals surface area contributed by atoms with E-state index in [2.05, 4.69) is 31.2 Å². The molecule has 0 aliphatic heterocycles. The van der Waals surface area contributed by atoms with E-state index in [9.17, 15) is 4.79 Å². The first-order valence-electron chi connectivity index (χ1n) is 7.05. The topological polar surface area (TPSA) is 43.1 Å². The molecule has 1 amide bonds. The van der Waals surface area contributed by atoms with Crippen LogP contribution in [0.15, 0.2) is 72.9 Å². The number of carbonyl (C=O) groups is 1. The number of allylic oxidation sites excluding steroid dienone is 11. The third-order valence-corrected chi connectivity index (χ3v) is 2.30. The van der Waals surface area contributed by atoms with Crippen LogP contribution >= 0.6 is 0 Å². The molecule has 0 radical (unpaired) electrons. The number of amides is 1. The molecule has 0 spiro atoms. The largest absolute Gasteiger partial charge is 0.366 e. The first kappa shape index (κ1) is 17.9. The average molecular weight is 271 g/mol. The Morgan fingerprint density at radius 3 is 1.85 bits per heavy atom. The van der Waals surface area contributed by atoms with Crippen LogP contribution in [0.25, 0.3) is 0 Å². The fourth-order valence-electron chi connectivity index (χ4n) is 1.30. The third kappa shape index (κ3) is 15.9. The van der Waals surface area contributed by atoms with E-state index in [1.807, 2.05) is 30.4 Å². The SMILES string of the molecule is CCC/C=C/CC/C=C/C=C/C=C/C=C/C=C/C(N)=O. The van der Waals surface area contributed by atoms with Crippen LogP contribution in [0.5, 0.6) is 0 Å². The number of unbranched alkanes of at least 4 members (excludes halogenated alkanes) is 2. The number of primary amides is 1. The molecule has 2 N–H and O–H groups in total. The molecule has 0 atom stereocenters. The minimum absolute atomic E-state index is 0.437. The van der Waals surface area contributed by atoms with Gasteiger partial charge in [-0.2, -0.15) is 0 Å². The summed E-state index contributed by atoms with van der Waals surface area (Å²) in [6.45, 7) is 2.19. The van der Waals surface area contributed by atoms with Crippen LogP contribution < -0.4 is 5.73 Å². The molecule has 0 saturated heterocycles. The van der Waals surface area contributed by atoms with Crippen molar-refractivity contribution in [3.63, 3.8) is 0 Å². The molecule has 2 heteroatoms. The molecule has 2 nitrogen and oxygen atoms in total. The Balaban J connectivity index is 3.67. The molecule has 20 heavy (non-hydrogen) atoms. The van der Waals surface area contributed by atoms with Gasteiger partial charge >= 0.3 is 0 Å². The van der Waals surface area contributed by atoms with Crippen LogP contribution in [0, 0.1) is 0 Å². The summed E-state index contributed by atoms with van der Waals surface area (Å²) in [5, 5.41) is 0. The summed E-state index contributed by atoms with van der Waals surface area (Å²) >= 11 is 0. The second-order valence-corrected chi connectivity index (χ2v) is 4.18. The lowest BCUT2D eigenvalue weighted by molar-refractivity contribution is -0.113. The van der Waals surface area contributed by atoms with Gasteiger partial charge in [0.2, 0.25) is 5.91 Å². The van der Waals surface area contributed by atoms with E-state index in [4.69, 9.17) is 5.73 Å². The summed E-state index contributed by atoms with van der Waals surface area (Å²) in [5.74, 6) is -0.437. The smallest absolute Gasteiger partial charge is 0.241 e. The molecular formula is C18H25NO. The first-order valence-corrected chi connectivity index (χ1v) is 7.05. The lowest BCUT2D eigenvalue weighted by Gasteiger charge is -1.86.